The Morgan fingerprint density at radius 1 is 0.258 bits per heavy atom. The minimum Gasteiger partial charge on any atom is -0.462 e. The molecule has 392 valence electrons. The van der Waals surface area contributed by atoms with Crippen molar-refractivity contribution in [3.63, 3.8) is 0 Å². The Balaban J connectivity index is 4.24. The zero-order chi connectivity index (χ0) is 48.4. The van der Waals surface area contributed by atoms with Crippen molar-refractivity contribution in [3.8, 4) is 0 Å². The van der Waals surface area contributed by atoms with Crippen molar-refractivity contribution in [3.05, 3.63) is 0 Å². The molecule has 0 aromatic heterocycles. The normalized spacial score (nSPS) is 12.1. The number of unbranched alkanes of at least 4 members (excludes halogenated alkanes) is 36. The summed E-state index contributed by atoms with van der Waals surface area (Å²) in [5, 5.41) is 0. The predicted molar refractivity (Wildman–Crippen MR) is 284 cm³/mol. The summed E-state index contributed by atoms with van der Waals surface area (Å²) in [6.07, 6.45) is 53.9. The van der Waals surface area contributed by atoms with Gasteiger partial charge in [-0.3, -0.25) is 14.4 Å². The van der Waals surface area contributed by atoms with Gasteiger partial charge in [-0.2, -0.15) is 0 Å². The molecule has 0 rings (SSSR count). The lowest BCUT2D eigenvalue weighted by molar-refractivity contribution is -0.167. The topological polar surface area (TPSA) is 78.9 Å². The van der Waals surface area contributed by atoms with E-state index in [-0.39, 0.29) is 31.1 Å². The summed E-state index contributed by atoms with van der Waals surface area (Å²) < 4.78 is 16.9. The number of ether oxygens (including phenoxy) is 3. The fourth-order valence-corrected chi connectivity index (χ4v) is 9.18. The second kappa shape index (κ2) is 51.3. The molecule has 0 N–H and O–H groups in total. The minimum absolute atomic E-state index is 0.0635. The van der Waals surface area contributed by atoms with Crippen molar-refractivity contribution in [2.45, 2.75) is 337 Å². The Kier molecular flexibility index (Phi) is 50.0. The molecule has 0 aromatic rings. The van der Waals surface area contributed by atoms with E-state index in [1.807, 2.05) is 0 Å². The quantitative estimate of drug-likeness (QED) is 0.0343. The number of esters is 3. The van der Waals surface area contributed by atoms with Gasteiger partial charge in [0.25, 0.3) is 0 Å². The second-order valence-corrected chi connectivity index (χ2v) is 22.1. The van der Waals surface area contributed by atoms with Gasteiger partial charge in [-0.25, -0.2) is 0 Å². The monoisotopic (exact) mass is 933 g/mol. The molecule has 1 atom stereocenters. The van der Waals surface area contributed by atoms with Crippen LogP contribution in [0.15, 0.2) is 0 Å². The molecule has 0 amide bonds. The van der Waals surface area contributed by atoms with Crippen LogP contribution in [0.1, 0.15) is 330 Å². The van der Waals surface area contributed by atoms with Crippen molar-refractivity contribution in [2.75, 3.05) is 13.2 Å². The summed E-state index contributed by atoms with van der Waals surface area (Å²) in [6.45, 7) is 13.8. The number of hydrogen-bond donors (Lipinski definition) is 0. The Bertz CT molecular complexity index is 1020. The van der Waals surface area contributed by atoms with E-state index in [4.69, 9.17) is 14.2 Å². The lowest BCUT2D eigenvalue weighted by atomic mass is 10.0. The molecule has 66 heavy (non-hydrogen) atoms. The summed E-state index contributed by atoms with van der Waals surface area (Å²) in [6, 6.07) is 0. The zero-order valence-electron chi connectivity index (χ0n) is 45.5. The van der Waals surface area contributed by atoms with E-state index in [0.717, 1.165) is 75.5 Å². The first-order valence-corrected chi connectivity index (χ1v) is 29.6. The molecule has 0 heterocycles. The molecular formula is C60H116O6. The van der Waals surface area contributed by atoms with E-state index in [1.165, 1.54) is 212 Å². The van der Waals surface area contributed by atoms with Crippen molar-refractivity contribution < 1.29 is 28.6 Å². The minimum atomic E-state index is -0.764. The van der Waals surface area contributed by atoms with Gasteiger partial charge in [-0.1, -0.05) is 292 Å². The molecular weight excluding hydrogens is 817 g/mol. The van der Waals surface area contributed by atoms with Crippen LogP contribution in [0.2, 0.25) is 0 Å². The van der Waals surface area contributed by atoms with E-state index < -0.39 is 6.10 Å². The maximum Gasteiger partial charge on any atom is 0.306 e. The summed E-state index contributed by atoms with van der Waals surface area (Å²) in [7, 11) is 0. The predicted octanol–water partition coefficient (Wildman–Crippen LogP) is 19.5. The first-order valence-electron chi connectivity index (χ1n) is 29.6. The van der Waals surface area contributed by atoms with Crippen LogP contribution >= 0.6 is 0 Å². The molecule has 6 heteroatoms. The van der Waals surface area contributed by atoms with Gasteiger partial charge < -0.3 is 14.2 Å². The first kappa shape index (κ1) is 64.4. The third kappa shape index (κ3) is 53.4. The molecule has 0 aromatic carbocycles. The van der Waals surface area contributed by atoms with Crippen LogP contribution < -0.4 is 0 Å². The standard InChI is InChI=1S/C60H116O6/c1-54(2)46-40-34-28-22-17-13-11-9-7-8-10-12-14-19-25-31-37-43-49-58(61)64-52-57(53-65-59(62)50-44-38-32-27-21-24-30-36-42-48-56(5)6)66-60(63)51-45-39-33-26-20-16-15-18-23-29-35-41-47-55(3)4/h54-57H,7-53H2,1-6H3/t57-/m0/s1. The van der Waals surface area contributed by atoms with Gasteiger partial charge in [-0.15, -0.1) is 0 Å². The zero-order valence-corrected chi connectivity index (χ0v) is 45.5. The van der Waals surface area contributed by atoms with Crippen LogP contribution in [0, 0.1) is 17.8 Å². The molecule has 0 aliphatic heterocycles. The molecule has 0 spiro atoms. The Morgan fingerprint density at radius 3 is 0.652 bits per heavy atom. The summed E-state index contributed by atoms with van der Waals surface area (Å²) in [5.41, 5.74) is 0. The average Bonchev–Trinajstić information content (AvgIpc) is 3.28. The highest BCUT2D eigenvalue weighted by atomic mass is 16.6. The molecule has 0 radical (unpaired) electrons. The fourth-order valence-electron chi connectivity index (χ4n) is 9.18. The van der Waals surface area contributed by atoms with Crippen LogP contribution in [-0.2, 0) is 28.6 Å². The van der Waals surface area contributed by atoms with E-state index in [0.29, 0.717) is 19.3 Å². The van der Waals surface area contributed by atoms with Gasteiger partial charge in [0.2, 0.25) is 0 Å². The van der Waals surface area contributed by atoms with Crippen molar-refractivity contribution >= 4 is 17.9 Å². The van der Waals surface area contributed by atoms with Crippen LogP contribution in [0.5, 0.6) is 0 Å². The molecule has 0 aliphatic carbocycles. The third-order valence-electron chi connectivity index (χ3n) is 13.6. The highest BCUT2D eigenvalue weighted by molar-refractivity contribution is 5.71. The molecule has 0 unspecified atom stereocenters. The summed E-state index contributed by atoms with van der Waals surface area (Å²) >= 11 is 0. The van der Waals surface area contributed by atoms with Gasteiger partial charge in [0, 0.05) is 19.3 Å². The van der Waals surface area contributed by atoms with Crippen molar-refractivity contribution in [2.24, 2.45) is 17.8 Å². The first-order chi connectivity index (χ1) is 32.1. The van der Waals surface area contributed by atoms with Crippen LogP contribution in [0.4, 0.5) is 0 Å². The molecule has 0 bridgehead atoms. The molecule has 0 fully saturated rings. The van der Waals surface area contributed by atoms with Crippen molar-refractivity contribution in [1.29, 1.82) is 0 Å². The lowest BCUT2D eigenvalue weighted by Gasteiger charge is -2.18. The van der Waals surface area contributed by atoms with E-state index in [9.17, 15) is 14.4 Å². The van der Waals surface area contributed by atoms with Crippen LogP contribution in [0.25, 0.3) is 0 Å². The van der Waals surface area contributed by atoms with Gasteiger partial charge in [0.1, 0.15) is 13.2 Å². The van der Waals surface area contributed by atoms with E-state index in [1.54, 1.807) is 0 Å². The number of carbonyl (C=O) groups excluding carboxylic acids is 3. The van der Waals surface area contributed by atoms with Crippen LogP contribution in [0.3, 0.4) is 0 Å². The van der Waals surface area contributed by atoms with E-state index in [2.05, 4.69) is 41.5 Å². The SMILES string of the molecule is CC(C)CCCCCCCCCCCCCCCCCCCCC(=O)OC[C@@H](COC(=O)CCCCCCCCCCCC(C)C)OC(=O)CCCCCCCCCCCCCCC(C)C. The highest BCUT2D eigenvalue weighted by Gasteiger charge is 2.19. The number of carbonyl (C=O) groups is 3. The van der Waals surface area contributed by atoms with Gasteiger partial charge in [-0.05, 0) is 37.0 Å². The van der Waals surface area contributed by atoms with Crippen LogP contribution in [-0.4, -0.2) is 37.2 Å². The lowest BCUT2D eigenvalue weighted by Crippen LogP contribution is -2.30. The maximum absolute atomic E-state index is 12.8. The second-order valence-electron chi connectivity index (χ2n) is 22.1. The fraction of sp³-hybridized carbons (Fsp3) is 0.950. The Hall–Kier alpha value is -1.59. The highest BCUT2D eigenvalue weighted by Crippen LogP contribution is 2.19. The molecule has 0 aliphatic rings. The number of hydrogen-bond acceptors (Lipinski definition) is 6. The smallest absolute Gasteiger partial charge is 0.306 e. The number of rotatable bonds is 53. The van der Waals surface area contributed by atoms with Gasteiger partial charge >= 0.3 is 17.9 Å². The van der Waals surface area contributed by atoms with Crippen molar-refractivity contribution in [1.82, 2.24) is 0 Å². The Labute approximate surface area is 412 Å². The van der Waals surface area contributed by atoms with Gasteiger partial charge in [0.05, 0.1) is 0 Å². The summed E-state index contributed by atoms with van der Waals surface area (Å²) in [5.74, 6) is 1.66. The van der Waals surface area contributed by atoms with Gasteiger partial charge in [0.15, 0.2) is 6.10 Å². The van der Waals surface area contributed by atoms with E-state index >= 15 is 0 Å². The molecule has 0 saturated heterocycles. The largest absolute Gasteiger partial charge is 0.462 e. The third-order valence-corrected chi connectivity index (χ3v) is 13.6. The maximum atomic E-state index is 12.8. The molecule has 6 nitrogen and oxygen atoms in total. The summed E-state index contributed by atoms with van der Waals surface area (Å²) in [4.78, 5) is 38.1. The molecule has 0 saturated carbocycles. The average molecular weight is 934 g/mol. The Morgan fingerprint density at radius 2 is 0.439 bits per heavy atom.